The summed E-state index contributed by atoms with van der Waals surface area (Å²) in [6, 6.07) is 0. The number of nitrogens with zero attached hydrogens (tertiary/aromatic N) is 1. The summed E-state index contributed by atoms with van der Waals surface area (Å²) in [5.41, 5.74) is 0.595. The van der Waals surface area contributed by atoms with E-state index in [0.29, 0.717) is 18.7 Å². The van der Waals surface area contributed by atoms with E-state index in [1.807, 2.05) is 6.26 Å². The number of hydrogen-bond acceptors (Lipinski definition) is 5. The van der Waals surface area contributed by atoms with Crippen LogP contribution in [0, 0.1) is 5.92 Å². The maximum Gasteiger partial charge on any atom is 0.308 e. The van der Waals surface area contributed by atoms with Crippen molar-refractivity contribution in [1.29, 1.82) is 0 Å². The molecule has 1 N–H and O–H groups in total. The molecule has 6 nitrogen and oxygen atoms in total. The number of carboxylic acid groups (broad SMARTS) is 1. The third-order valence-corrected chi connectivity index (χ3v) is 5.50. The molecule has 1 saturated carbocycles. The molecule has 2 aliphatic heterocycles. The molecule has 0 aromatic carbocycles. The Morgan fingerprint density at radius 1 is 1.35 bits per heavy atom. The number of ether oxygens (including phenoxy) is 1. The van der Waals surface area contributed by atoms with E-state index in [0.717, 1.165) is 25.7 Å². The van der Waals surface area contributed by atoms with Gasteiger partial charge >= 0.3 is 5.97 Å². The highest BCUT2D eigenvalue weighted by Crippen LogP contribution is 2.41. The molecule has 126 valence electrons. The Morgan fingerprint density at radius 2 is 2.09 bits per heavy atom. The minimum atomic E-state index is -1.08. The van der Waals surface area contributed by atoms with Crippen LogP contribution >= 0.6 is 11.8 Å². The van der Waals surface area contributed by atoms with Gasteiger partial charge < -0.3 is 14.7 Å². The maximum atomic E-state index is 12.7. The van der Waals surface area contributed by atoms with Crippen molar-refractivity contribution in [2.24, 2.45) is 5.92 Å². The molecule has 3 aliphatic rings. The first-order chi connectivity index (χ1) is 11.0. The Hall–Kier alpha value is -1.34. The van der Waals surface area contributed by atoms with Gasteiger partial charge in [-0.2, -0.15) is 0 Å². The highest BCUT2D eigenvalue weighted by atomic mass is 32.2. The van der Waals surface area contributed by atoms with E-state index in [1.54, 1.807) is 4.90 Å². The number of hydrogen-bond donors (Lipinski definition) is 1. The number of carbonyl (C=O) groups excluding carboxylic acids is 2. The molecule has 3 rings (SSSR count). The van der Waals surface area contributed by atoms with Crippen LogP contribution in [0.15, 0.2) is 11.1 Å². The van der Waals surface area contributed by atoms with E-state index in [2.05, 4.69) is 0 Å². The van der Waals surface area contributed by atoms with Gasteiger partial charge in [-0.15, -0.1) is 11.8 Å². The van der Waals surface area contributed by atoms with Crippen LogP contribution < -0.4 is 0 Å². The average Bonchev–Trinajstić information content (AvgIpc) is 3.18. The van der Waals surface area contributed by atoms with Gasteiger partial charge in [0, 0.05) is 30.2 Å². The van der Waals surface area contributed by atoms with Crippen LogP contribution in [0.3, 0.4) is 0 Å². The van der Waals surface area contributed by atoms with Crippen molar-refractivity contribution in [3.8, 4) is 0 Å². The van der Waals surface area contributed by atoms with E-state index in [4.69, 9.17) is 9.84 Å². The summed E-state index contributed by atoms with van der Waals surface area (Å²) in [6.07, 6.45) is 4.99. The van der Waals surface area contributed by atoms with E-state index < -0.39 is 5.97 Å². The quantitative estimate of drug-likeness (QED) is 0.756. The van der Waals surface area contributed by atoms with Gasteiger partial charge in [0.05, 0.1) is 12.5 Å². The molecule has 1 aliphatic carbocycles. The van der Waals surface area contributed by atoms with Crippen molar-refractivity contribution in [1.82, 2.24) is 4.90 Å². The van der Waals surface area contributed by atoms with Crippen LogP contribution in [0.1, 0.15) is 32.1 Å². The Kier molecular flexibility index (Phi) is 4.77. The van der Waals surface area contributed by atoms with Crippen LogP contribution in [0.2, 0.25) is 0 Å². The van der Waals surface area contributed by atoms with Crippen molar-refractivity contribution < 1.29 is 24.2 Å². The number of Topliss-reactive ketones (excluding diaryl/α,β-unsaturated/α-hetero) is 1. The number of carbonyl (C=O) groups is 3. The summed E-state index contributed by atoms with van der Waals surface area (Å²) < 4.78 is 5.60. The molecular formula is C16H21NO5S. The molecule has 1 amide bonds. The smallest absolute Gasteiger partial charge is 0.308 e. The monoisotopic (exact) mass is 339 g/mol. The molecule has 2 fully saturated rings. The van der Waals surface area contributed by atoms with E-state index in [1.165, 1.54) is 11.8 Å². The third-order valence-electron chi connectivity index (χ3n) is 4.56. The van der Waals surface area contributed by atoms with Crippen molar-refractivity contribution in [2.45, 2.75) is 43.6 Å². The fraction of sp³-hybridized carbons (Fsp3) is 0.688. The lowest BCUT2D eigenvalue weighted by Gasteiger charge is -2.27. The maximum absolute atomic E-state index is 12.7. The molecule has 0 aromatic heterocycles. The van der Waals surface area contributed by atoms with Gasteiger partial charge in [-0.25, -0.2) is 0 Å². The van der Waals surface area contributed by atoms with Gasteiger partial charge in [0.25, 0.3) is 5.91 Å². The lowest BCUT2D eigenvalue weighted by molar-refractivity contribution is -0.137. The zero-order valence-corrected chi connectivity index (χ0v) is 13.9. The first kappa shape index (κ1) is 16.5. The molecular weight excluding hydrogens is 318 g/mol. The molecule has 0 aromatic rings. The largest absolute Gasteiger partial charge is 0.481 e. The topological polar surface area (TPSA) is 83.9 Å². The highest BCUT2D eigenvalue weighted by molar-refractivity contribution is 7.99. The second-order valence-electron chi connectivity index (χ2n) is 6.28. The Bertz CT molecular complexity index is 563. The van der Waals surface area contributed by atoms with Crippen LogP contribution in [-0.2, 0) is 19.1 Å². The number of carboxylic acids is 1. The number of ketones is 1. The molecule has 23 heavy (non-hydrogen) atoms. The van der Waals surface area contributed by atoms with Gasteiger partial charge in [-0.3, -0.25) is 14.4 Å². The number of thioether (sulfide) groups is 1. The summed E-state index contributed by atoms with van der Waals surface area (Å²) in [7, 11) is 0. The van der Waals surface area contributed by atoms with Crippen LogP contribution in [0.5, 0.6) is 0 Å². The molecule has 1 saturated heterocycles. The molecule has 2 atom stereocenters. The van der Waals surface area contributed by atoms with Gasteiger partial charge in [-0.1, -0.05) is 0 Å². The summed E-state index contributed by atoms with van der Waals surface area (Å²) in [6.45, 7) is 1.12. The number of amides is 1. The van der Waals surface area contributed by atoms with Crippen LogP contribution in [0.25, 0.3) is 0 Å². The Labute approximate surface area is 139 Å². The second-order valence-corrected chi connectivity index (χ2v) is 7.20. The minimum absolute atomic E-state index is 0.0185. The number of aliphatic carboxylic acids is 1. The number of rotatable bonds is 7. The minimum Gasteiger partial charge on any atom is -0.481 e. The zero-order chi connectivity index (χ0) is 16.6. The normalized spacial score (nSPS) is 27.9. The van der Waals surface area contributed by atoms with Gasteiger partial charge in [0.2, 0.25) is 0 Å². The molecule has 0 unspecified atom stereocenters. The lowest BCUT2D eigenvalue weighted by Crippen LogP contribution is -2.40. The lowest BCUT2D eigenvalue weighted by atomic mass is 10.0. The average molecular weight is 339 g/mol. The van der Waals surface area contributed by atoms with Crippen molar-refractivity contribution >= 4 is 29.4 Å². The standard InChI is InChI=1S/C16H21NO5S/c1-23-16-13(14(20)9-4-5-9)11(7-12(18)19)15(21)17(16)8-10-3-2-6-22-10/h9-10,16H,2-8H2,1H3,(H,18,19)/t10-,16-/m1/s1. The molecule has 0 spiro atoms. The highest BCUT2D eigenvalue weighted by Gasteiger charge is 2.46. The van der Waals surface area contributed by atoms with E-state index in [-0.39, 0.29) is 41.1 Å². The van der Waals surface area contributed by atoms with E-state index >= 15 is 0 Å². The molecule has 0 radical (unpaired) electrons. The predicted molar refractivity (Wildman–Crippen MR) is 85.0 cm³/mol. The molecule has 2 heterocycles. The zero-order valence-electron chi connectivity index (χ0n) is 13.1. The SMILES string of the molecule is CS[C@@H]1C(C(=O)C2CC2)=C(CC(=O)O)C(=O)N1C[C@H]1CCCO1. The fourth-order valence-electron chi connectivity index (χ4n) is 3.29. The Morgan fingerprint density at radius 3 is 2.61 bits per heavy atom. The molecule has 7 heteroatoms. The van der Waals surface area contributed by atoms with Crippen molar-refractivity contribution in [3.05, 3.63) is 11.1 Å². The summed E-state index contributed by atoms with van der Waals surface area (Å²) in [5, 5.41) is 8.75. The first-order valence-electron chi connectivity index (χ1n) is 7.97. The van der Waals surface area contributed by atoms with Gasteiger partial charge in [0.1, 0.15) is 5.37 Å². The molecule has 0 bridgehead atoms. The van der Waals surface area contributed by atoms with E-state index in [9.17, 15) is 14.4 Å². The third kappa shape index (κ3) is 3.30. The van der Waals surface area contributed by atoms with Crippen LogP contribution in [-0.4, -0.2) is 58.6 Å². The first-order valence-corrected chi connectivity index (χ1v) is 9.26. The summed E-state index contributed by atoms with van der Waals surface area (Å²) in [5.74, 6) is -1.46. The Balaban J connectivity index is 1.88. The van der Waals surface area contributed by atoms with Gasteiger partial charge in [0.15, 0.2) is 5.78 Å². The second kappa shape index (κ2) is 6.65. The van der Waals surface area contributed by atoms with Gasteiger partial charge in [-0.05, 0) is 31.9 Å². The predicted octanol–water partition coefficient (Wildman–Crippen LogP) is 1.45. The summed E-state index contributed by atoms with van der Waals surface area (Å²) >= 11 is 1.42. The fourth-order valence-corrected chi connectivity index (χ4v) is 4.22. The van der Waals surface area contributed by atoms with Crippen molar-refractivity contribution in [2.75, 3.05) is 19.4 Å². The summed E-state index contributed by atoms with van der Waals surface area (Å²) in [4.78, 5) is 38.1. The van der Waals surface area contributed by atoms with Crippen molar-refractivity contribution in [3.63, 3.8) is 0 Å². The van der Waals surface area contributed by atoms with Crippen LogP contribution in [0.4, 0.5) is 0 Å².